The Morgan fingerprint density at radius 1 is 0.600 bits per heavy atom. The van der Waals surface area contributed by atoms with Crippen molar-refractivity contribution >= 4 is 17.9 Å². The van der Waals surface area contributed by atoms with Crippen molar-refractivity contribution in [2.24, 2.45) is 34.8 Å². The largest absolute Gasteiger partial charge is 0.481 e. The number of hydrogen-bond acceptors (Lipinski definition) is 4. The molecule has 1 aliphatic carbocycles. The second kappa shape index (κ2) is 20.3. The SMILES string of the molecule is CCCC(CCC)C1(N)CCCCC1(C(CCC)CCC)C(CCC)CCC.O=C(O)CC(CC(=O)O)C(=O)O. The average Bonchev–Trinajstić information content (AvgIpc) is 2.88. The maximum absolute atomic E-state index is 10.2. The predicted octanol–water partition coefficient (Wildman–Crippen LogP) is 8.53. The maximum atomic E-state index is 10.2. The van der Waals surface area contributed by atoms with Crippen LogP contribution in [0.2, 0.25) is 0 Å². The van der Waals surface area contributed by atoms with E-state index < -0.39 is 36.7 Å². The number of carboxylic acid groups (broad SMARTS) is 3. The molecule has 0 aromatic rings. The molecule has 236 valence electrons. The summed E-state index contributed by atoms with van der Waals surface area (Å²) in [4.78, 5) is 30.3. The summed E-state index contributed by atoms with van der Waals surface area (Å²) in [5.74, 6) is -3.01. The Kier molecular flexibility index (Phi) is 19.5. The monoisotopic (exact) mass is 569 g/mol. The first-order valence-corrected chi connectivity index (χ1v) is 16.4. The minimum absolute atomic E-state index is 0.0568. The van der Waals surface area contributed by atoms with Crippen molar-refractivity contribution in [3.63, 3.8) is 0 Å². The number of carboxylic acids is 3. The van der Waals surface area contributed by atoms with Gasteiger partial charge >= 0.3 is 17.9 Å². The lowest BCUT2D eigenvalue weighted by molar-refractivity contribution is -0.152. The lowest BCUT2D eigenvalue weighted by Crippen LogP contribution is -2.67. The van der Waals surface area contributed by atoms with E-state index in [-0.39, 0.29) is 5.54 Å². The molecule has 0 radical (unpaired) electrons. The van der Waals surface area contributed by atoms with E-state index >= 15 is 0 Å². The van der Waals surface area contributed by atoms with Gasteiger partial charge in [0.15, 0.2) is 0 Å². The lowest BCUT2D eigenvalue weighted by Gasteiger charge is -2.63. The molecule has 40 heavy (non-hydrogen) atoms. The molecule has 0 spiro atoms. The molecule has 5 N–H and O–H groups in total. The Hall–Kier alpha value is -1.63. The molecule has 1 rings (SSSR count). The fourth-order valence-electron chi connectivity index (χ4n) is 8.12. The molecule has 0 bridgehead atoms. The van der Waals surface area contributed by atoms with Gasteiger partial charge in [0, 0.05) is 5.54 Å². The van der Waals surface area contributed by atoms with Crippen LogP contribution in [0.25, 0.3) is 0 Å². The van der Waals surface area contributed by atoms with Crippen LogP contribution in [-0.4, -0.2) is 38.8 Å². The first kappa shape index (κ1) is 38.4. The van der Waals surface area contributed by atoms with Gasteiger partial charge in [-0.1, -0.05) is 119 Å². The van der Waals surface area contributed by atoms with Crippen molar-refractivity contribution in [2.45, 2.75) is 163 Å². The Balaban J connectivity index is 0.00000106. The highest BCUT2D eigenvalue weighted by Crippen LogP contribution is 2.61. The number of aliphatic carboxylic acids is 3. The molecular weight excluding hydrogens is 506 g/mol. The number of rotatable bonds is 20. The molecule has 0 aromatic heterocycles. The van der Waals surface area contributed by atoms with Gasteiger partial charge in [-0.25, -0.2) is 0 Å². The molecule has 0 heterocycles. The van der Waals surface area contributed by atoms with E-state index in [1.807, 2.05) is 0 Å². The summed E-state index contributed by atoms with van der Waals surface area (Å²) in [5, 5.41) is 24.7. The minimum atomic E-state index is -1.40. The Morgan fingerprint density at radius 3 is 1.23 bits per heavy atom. The van der Waals surface area contributed by atoms with Crippen LogP contribution in [0.4, 0.5) is 0 Å². The van der Waals surface area contributed by atoms with Crippen LogP contribution in [0.5, 0.6) is 0 Å². The van der Waals surface area contributed by atoms with Crippen LogP contribution < -0.4 is 5.73 Å². The minimum Gasteiger partial charge on any atom is -0.481 e. The fourth-order valence-corrected chi connectivity index (χ4v) is 8.12. The van der Waals surface area contributed by atoms with E-state index in [9.17, 15) is 14.4 Å². The highest BCUT2D eigenvalue weighted by molar-refractivity contribution is 5.82. The summed E-state index contributed by atoms with van der Waals surface area (Å²) in [6.45, 7) is 14.4. The van der Waals surface area contributed by atoms with Crippen LogP contribution >= 0.6 is 0 Å². The highest BCUT2D eigenvalue weighted by Gasteiger charge is 2.59. The first-order chi connectivity index (χ1) is 18.9. The van der Waals surface area contributed by atoms with E-state index in [2.05, 4.69) is 41.5 Å². The van der Waals surface area contributed by atoms with Gasteiger partial charge in [0.1, 0.15) is 0 Å². The molecule has 0 aliphatic heterocycles. The Morgan fingerprint density at radius 2 is 0.925 bits per heavy atom. The smallest absolute Gasteiger partial charge is 0.307 e. The molecule has 1 aliphatic rings. The third-order valence-corrected chi connectivity index (χ3v) is 9.50. The highest BCUT2D eigenvalue weighted by atomic mass is 16.4. The molecule has 7 nitrogen and oxygen atoms in total. The molecule has 0 aromatic carbocycles. The van der Waals surface area contributed by atoms with E-state index in [1.54, 1.807) is 0 Å². The molecule has 1 saturated carbocycles. The van der Waals surface area contributed by atoms with Crippen LogP contribution in [0, 0.1) is 29.1 Å². The summed E-state index contributed by atoms with van der Waals surface area (Å²) >= 11 is 0. The summed E-state index contributed by atoms with van der Waals surface area (Å²) in [7, 11) is 0. The average molecular weight is 570 g/mol. The molecule has 1 unspecified atom stereocenters. The van der Waals surface area contributed by atoms with Gasteiger partial charge in [0.05, 0.1) is 18.8 Å². The zero-order valence-electron chi connectivity index (χ0n) is 26.7. The topological polar surface area (TPSA) is 138 Å². The Bertz CT molecular complexity index is 676. The zero-order chi connectivity index (χ0) is 30.8. The molecule has 1 fully saturated rings. The second-order valence-corrected chi connectivity index (χ2v) is 12.3. The van der Waals surface area contributed by atoms with Gasteiger partial charge in [0.2, 0.25) is 0 Å². The standard InChI is InChI=1S/C27H55N.C6H8O6/c1-7-15-23(16-8-2)26(24(17-9-3)18-10-4)21-13-14-22-27(26,28)25(19-11-5)20-12-6;7-4(8)1-3(6(11)12)2-5(9)10/h23-25H,7-22,28H2,1-6H3;3H,1-2H2,(H,7,8)(H,9,10)(H,11,12). The number of nitrogens with two attached hydrogens (primary N) is 1. The molecule has 0 amide bonds. The van der Waals surface area contributed by atoms with Gasteiger partial charge in [0.25, 0.3) is 0 Å². The van der Waals surface area contributed by atoms with Crippen LogP contribution in [-0.2, 0) is 14.4 Å². The third-order valence-electron chi connectivity index (χ3n) is 9.50. The fraction of sp³-hybridized carbons (Fsp3) is 0.909. The van der Waals surface area contributed by atoms with Crippen molar-refractivity contribution in [1.82, 2.24) is 0 Å². The van der Waals surface area contributed by atoms with E-state index in [4.69, 9.17) is 21.1 Å². The van der Waals surface area contributed by atoms with E-state index in [0.717, 1.165) is 17.8 Å². The van der Waals surface area contributed by atoms with Crippen LogP contribution in [0.1, 0.15) is 157 Å². The summed E-state index contributed by atoms with van der Waals surface area (Å²) in [6, 6.07) is 0. The Labute approximate surface area is 245 Å². The summed E-state index contributed by atoms with van der Waals surface area (Å²) < 4.78 is 0. The molecule has 1 atom stereocenters. The van der Waals surface area contributed by atoms with Crippen molar-refractivity contribution in [2.75, 3.05) is 0 Å². The number of hydrogen-bond donors (Lipinski definition) is 4. The number of carbonyl (C=O) groups is 3. The van der Waals surface area contributed by atoms with Gasteiger partial charge in [-0.3, -0.25) is 14.4 Å². The van der Waals surface area contributed by atoms with Crippen LogP contribution in [0.15, 0.2) is 0 Å². The predicted molar refractivity (Wildman–Crippen MR) is 163 cm³/mol. The molecular formula is C33H63NO6. The van der Waals surface area contributed by atoms with Gasteiger partial charge in [-0.2, -0.15) is 0 Å². The van der Waals surface area contributed by atoms with E-state index in [1.165, 1.54) is 103 Å². The zero-order valence-corrected chi connectivity index (χ0v) is 26.7. The summed E-state index contributed by atoms with van der Waals surface area (Å²) in [5.41, 5.74) is 8.21. The van der Waals surface area contributed by atoms with Crippen molar-refractivity contribution < 1.29 is 29.7 Å². The lowest BCUT2D eigenvalue weighted by atomic mass is 9.44. The maximum Gasteiger partial charge on any atom is 0.307 e. The third kappa shape index (κ3) is 11.0. The summed E-state index contributed by atoms with van der Waals surface area (Å²) in [6.07, 6.45) is 20.2. The molecule has 0 saturated heterocycles. The van der Waals surface area contributed by atoms with Crippen LogP contribution in [0.3, 0.4) is 0 Å². The normalized spacial score (nSPS) is 18.7. The second-order valence-electron chi connectivity index (χ2n) is 12.3. The first-order valence-electron chi connectivity index (χ1n) is 16.4. The quantitative estimate of drug-likeness (QED) is 0.115. The van der Waals surface area contributed by atoms with Crippen molar-refractivity contribution in [1.29, 1.82) is 0 Å². The van der Waals surface area contributed by atoms with Crippen molar-refractivity contribution in [3.05, 3.63) is 0 Å². The van der Waals surface area contributed by atoms with E-state index in [0.29, 0.717) is 5.41 Å². The van der Waals surface area contributed by atoms with Crippen molar-refractivity contribution in [3.8, 4) is 0 Å². The molecule has 7 heteroatoms. The van der Waals surface area contributed by atoms with Gasteiger partial charge in [-0.15, -0.1) is 0 Å². The van der Waals surface area contributed by atoms with Gasteiger partial charge < -0.3 is 21.1 Å². The van der Waals surface area contributed by atoms with Gasteiger partial charge in [-0.05, 0) is 48.9 Å².